The van der Waals surface area contributed by atoms with Gasteiger partial charge in [-0.25, -0.2) is 19.2 Å². The lowest BCUT2D eigenvalue weighted by molar-refractivity contribution is 0.246. The lowest BCUT2D eigenvalue weighted by atomic mass is 10.1. The third kappa shape index (κ3) is 4.46. The first-order valence-electron chi connectivity index (χ1n) is 10.5. The predicted molar refractivity (Wildman–Crippen MR) is 123 cm³/mol. The molecule has 0 spiro atoms. The van der Waals surface area contributed by atoms with Crippen molar-refractivity contribution in [3.8, 4) is 0 Å². The fraction of sp³-hybridized carbons (Fsp3) is 0.304. The number of benzene rings is 1. The third-order valence-electron chi connectivity index (χ3n) is 5.56. The monoisotopic (exact) mass is 436 g/mol. The lowest BCUT2D eigenvalue weighted by Gasteiger charge is -2.33. The second-order valence-corrected chi connectivity index (χ2v) is 7.81. The van der Waals surface area contributed by atoms with Gasteiger partial charge >= 0.3 is 6.03 Å². The number of hydrogen-bond donors (Lipinski definition) is 2. The average molecular weight is 436 g/mol. The highest BCUT2D eigenvalue weighted by Crippen LogP contribution is 2.18. The molecule has 1 aliphatic heterocycles. The van der Waals surface area contributed by atoms with Gasteiger partial charge in [0.05, 0.1) is 0 Å². The normalized spacial score (nSPS) is 14.4. The van der Waals surface area contributed by atoms with E-state index in [-0.39, 0.29) is 23.4 Å². The first-order chi connectivity index (χ1) is 15.5. The number of amides is 2. The number of piperidine rings is 1. The van der Waals surface area contributed by atoms with E-state index in [2.05, 4.69) is 27.2 Å². The number of hydrogen-bond acceptors (Lipinski definition) is 5. The number of urea groups is 1. The molecule has 1 aliphatic rings. The molecule has 0 aliphatic carbocycles. The largest absolute Gasteiger partial charge is 0.352 e. The van der Waals surface area contributed by atoms with Crippen LogP contribution in [-0.4, -0.2) is 39.7 Å². The Balaban J connectivity index is 1.42. The molecule has 0 saturated carbocycles. The quantitative estimate of drug-likeness (QED) is 0.599. The van der Waals surface area contributed by atoms with Gasteiger partial charge in [0.1, 0.15) is 11.3 Å². The Morgan fingerprint density at radius 3 is 2.81 bits per heavy atom. The van der Waals surface area contributed by atoms with Gasteiger partial charge in [0.25, 0.3) is 5.56 Å². The number of anilines is 2. The van der Waals surface area contributed by atoms with Crippen LogP contribution in [0.5, 0.6) is 0 Å². The van der Waals surface area contributed by atoms with Gasteiger partial charge in [-0.2, -0.15) is 0 Å². The van der Waals surface area contributed by atoms with Crippen LogP contribution < -0.4 is 21.1 Å². The number of aryl methyl sites for hydroxylation is 1. The van der Waals surface area contributed by atoms with Crippen LogP contribution in [0.3, 0.4) is 0 Å². The van der Waals surface area contributed by atoms with E-state index in [0.29, 0.717) is 60.7 Å². The predicted octanol–water partition coefficient (Wildman–Crippen LogP) is 3.22. The molecule has 0 atom stereocenters. The van der Waals surface area contributed by atoms with Crippen LogP contribution in [0.2, 0.25) is 0 Å². The summed E-state index contributed by atoms with van der Waals surface area (Å²) in [7, 11) is 0. The topological polar surface area (TPSA) is 92.2 Å². The molecule has 32 heavy (non-hydrogen) atoms. The van der Waals surface area contributed by atoms with Crippen molar-refractivity contribution in [2.75, 3.05) is 23.3 Å². The highest BCUT2D eigenvalue weighted by atomic mass is 19.1. The molecule has 2 N–H and O–H groups in total. The smallest absolute Gasteiger partial charge is 0.319 e. The van der Waals surface area contributed by atoms with Crippen LogP contribution in [0.25, 0.3) is 11.2 Å². The van der Waals surface area contributed by atoms with Gasteiger partial charge in [-0.05, 0) is 49.6 Å². The molecule has 4 rings (SSSR count). The van der Waals surface area contributed by atoms with Crippen molar-refractivity contribution >= 4 is 28.7 Å². The summed E-state index contributed by atoms with van der Waals surface area (Å²) >= 11 is 0. The number of nitrogens with zero attached hydrogens (tertiary/aromatic N) is 4. The van der Waals surface area contributed by atoms with Gasteiger partial charge in [-0.1, -0.05) is 12.1 Å². The summed E-state index contributed by atoms with van der Waals surface area (Å²) in [5, 5.41) is 5.59. The zero-order valence-electron chi connectivity index (χ0n) is 17.8. The minimum Gasteiger partial charge on any atom is -0.352 e. The zero-order valence-corrected chi connectivity index (χ0v) is 17.8. The number of carbonyl (C=O) groups excluding carboxylic acids is 1. The Labute approximate surface area is 184 Å². The highest BCUT2D eigenvalue weighted by Gasteiger charge is 2.24. The molecule has 0 radical (unpaired) electrons. The maximum atomic E-state index is 13.7. The third-order valence-corrected chi connectivity index (χ3v) is 5.56. The zero-order chi connectivity index (χ0) is 22.7. The summed E-state index contributed by atoms with van der Waals surface area (Å²) in [5.74, 6) is 0.0154. The van der Waals surface area contributed by atoms with E-state index < -0.39 is 0 Å². The van der Waals surface area contributed by atoms with Crippen LogP contribution in [0.15, 0.2) is 54.0 Å². The van der Waals surface area contributed by atoms with Crippen molar-refractivity contribution in [2.24, 2.45) is 0 Å². The van der Waals surface area contributed by atoms with Gasteiger partial charge in [-0.3, -0.25) is 9.36 Å². The van der Waals surface area contributed by atoms with Crippen molar-refractivity contribution in [2.45, 2.75) is 32.4 Å². The molecule has 1 saturated heterocycles. The van der Waals surface area contributed by atoms with Gasteiger partial charge < -0.3 is 15.5 Å². The van der Waals surface area contributed by atoms with Gasteiger partial charge in [-0.15, -0.1) is 6.58 Å². The molecule has 2 aromatic heterocycles. The summed E-state index contributed by atoms with van der Waals surface area (Å²) in [5.41, 5.74) is 1.89. The first-order valence-corrected chi connectivity index (χ1v) is 10.5. The standard InChI is InChI=1S/C23H25FN6O2/c1-3-11-30-20-19(5-4-10-25-20)28-21(22(30)31)29-12-8-16(9-13-29)26-23(32)27-17-7-6-15(2)18(24)14-17/h3-7,10,14,16H,1,8-9,11-13H2,2H3,(H2,26,27,32). The molecule has 0 unspecified atom stereocenters. The first kappa shape index (κ1) is 21.5. The van der Waals surface area contributed by atoms with E-state index in [1.807, 2.05) is 11.0 Å². The number of allylic oxidation sites excluding steroid dienone is 1. The molecule has 166 valence electrons. The van der Waals surface area contributed by atoms with Crippen molar-refractivity contribution in [1.82, 2.24) is 19.9 Å². The number of nitrogens with one attached hydrogen (secondary N) is 2. The molecule has 1 aromatic carbocycles. The van der Waals surface area contributed by atoms with E-state index in [0.717, 1.165) is 0 Å². The van der Waals surface area contributed by atoms with E-state index in [4.69, 9.17) is 0 Å². The molecule has 3 aromatic rings. The van der Waals surface area contributed by atoms with Crippen LogP contribution in [-0.2, 0) is 6.54 Å². The SMILES string of the molecule is C=CCn1c(=O)c(N2CCC(NC(=O)Nc3ccc(C)c(F)c3)CC2)nc2cccnc21. The molecular formula is C23H25FN6O2. The number of halogens is 1. The van der Waals surface area contributed by atoms with E-state index in [1.54, 1.807) is 42.0 Å². The number of carbonyl (C=O) groups is 1. The number of fused-ring (bicyclic) bond motifs is 1. The second-order valence-electron chi connectivity index (χ2n) is 7.81. The van der Waals surface area contributed by atoms with Crippen molar-refractivity contribution in [1.29, 1.82) is 0 Å². The minimum atomic E-state index is -0.380. The number of aromatic nitrogens is 3. The van der Waals surface area contributed by atoms with E-state index >= 15 is 0 Å². The molecule has 2 amide bonds. The van der Waals surface area contributed by atoms with Crippen LogP contribution >= 0.6 is 0 Å². The summed E-state index contributed by atoms with van der Waals surface area (Å²) in [6.45, 7) is 6.90. The fourth-order valence-corrected chi connectivity index (χ4v) is 3.83. The summed E-state index contributed by atoms with van der Waals surface area (Å²) in [6.07, 6.45) is 4.61. The van der Waals surface area contributed by atoms with E-state index in [1.165, 1.54) is 6.07 Å². The van der Waals surface area contributed by atoms with E-state index in [9.17, 15) is 14.0 Å². The fourth-order valence-electron chi connectivity index (χ4n) is 3.83. The van der Waals surface area contributed by atoms with Crippen LogP contribution in [0.4, 0.5) is 20.7 Å². The Hall–Kier alpha value is -3.75. The van der Waals surface area contributed by atoms with Crippen molar-refractivity contribution in [3.05, 3.63) is 70.9 Å². The Morgan fingerprint density at radius 2 is 2.09 bits per heavy atom. The van der Waals surface area contributed by atoms with Crippen molar-refractivity contribution < 1.29 is 9.18 Å². The van der Waals surface area contributed by atoms with Gasteiger partial charge in [0.15, 0.2) is 11.5 Å². The highest BCUT2D eigenvalue weighted by molar-refractivity contribution is 5.89. The van der Waals surface area contributed by atoms with Crippen LogP contribution in [0, 0.1) is 12.7 Å². The molecule has 9 heteroatoms. The number of rotatable bonds is 5. The molecule has 3 heterocycles. The lowest BCUT2D eigenvalue weighted by Crippen LogP contribution is -2.47. The molecule has 0 bridgehead atoms. The molecule has 1 fully saturated rings. The van der Waals surface area contributed by atoms with Crippen molar-refractivity contribution in [3.63, 3.8) is 0 Å². The van der Waals surface area contributed by atoms with Gasteiger partial charge in [0, 0.05) is 37.6 Å². The van der Waals surface area contributed by atoms with Gasteiger partial charge in [0.2, 0.25) is 0 Å². The summed E-state index contributed by atoms with van der Waals surface area (Å²) in [6, 6.07) is 7.76. The second kappa shape index (κ2) is 9.17. The number of pyridine rings is 1. The Morgan fingerprint density at radius 1 is 1.31 bits per heavy atom. The summed E-state index contributed by atoms with van der Waals surface area (Å²) < 4.78 is 15.3. The maximum absolute atomic E-state index is 13.7. The molecular weight excluding hydrogens is 411 g/mol. The minimum absolute atomic E-state index is 0.0564. The molecule has 8 nitrogen and oxygen atoms in total. The average Bonchev–Trinajstić information content (AvgIpc) is 2.79. The Kier molecular flexibility index (Phi) is 6.16. The maximum Gasteiger partial charge on any atom is 0.319 e. The summed E-state index contributed by atoms with van der Waals surface area (Å²) in [4.78, 5) is 36.1. The Bertz CT molecular complexity index is 1220. The van der Waals surface area contributed by atoms with Crippen LogP contribution in [0.1, 0.15) is 18.4 Å².